The normalized spacial score (nSPS) is 14.3. The van der Waals surface area contributed by atoms with Crippen LogP contribution in [0.3, 0.4) is 0 Å². The van der Waals surface area contributed by atoms with Gasteiger partial charge in [-0.1, -0.05) is 6.92 Å². The maximum absolute atomic E-state index is 12.3. The quantitative estimate of drug-likeness (QED) is 0.872. The van der Waals surface area contributed by atoms with E-state index >= 15 is 0 Å². The minimum atomic E-state index is -0.116. The summed E-state index contributed by atoms with van der Waals surface area (Å²) in [6, 6.07) is 0.142. The third kappa shape index (κ3) is 3.70. The van der Waals surface area contributed by atoms with Crippen molar-refractivity contribution in [2.45, 2.75) is 32.4 Å². The minimum absolute atomic E-state index is 0.0148. The van der Waals surface area contributed by atoms with Crippen LogP contribution in [0.25, 0.3) is 0 Å². The van der Waals surface area contributed by atoms with E-state index in [1.807, 2.05) is 14.0 Å². The summed E-state index contributed by atoms with van der Waals surface area (Å²) >= 11 is 3.20. The highest BCUT2D eigenvalue weighted by atomic mass is 32.2. The van der Waals surface area contributed by atoms with Gasteiger partial charge in [0.05, 0.1) is 6.04 Å². The number of thiazole rings is 1. The van der Waals surface area contributed by atoms with Gasteiger partial charge >= 0.3 is 0 Å². The van der Waals surface area contributed by atoms with Gasteiger partial charge in [0, 0.05) is 24.2 Å². The second-order valence-corrected chi connectivity index (χ2v) is 6.09. The van der Waals surface area contributed by atoms with Gasteiger partial charge in [-0.2, -0.15) is 11.8 Å². The largest absolute Gasteiger partial charge is 0.337 e. The molecule has 1 aromatic rings. The molecule has 0 aromatic carbocycles. The van der Waals surface area contributed by atoms with Gasteiger partial charge in [0.2, 0.25) is 0 Å². The van der Waals surface area contributed by atoms with Crippen molar-refractivity contribution in [1.29, 1.82) is 0 Å². The zero-order valence-electron chi connectivity index (χ0n) is 11.3. The number of nitrogens with two attached hydrogens (primary N) is 1. The van der Waals surface area contributed by atoms with E-state index in [0.717, 1.165) is 17.2 Å². The molecule has 0 aliphatic heterocycles. The molecular weight excluding hydrogens is 266 g/mol. The average molecular weight is 287 g/mol. The summed E-state index contributed by atoms with van der Waals surface area (Å²) in [5, 5.41) is 2.60. The Morgan fingerprint density at radius 3 is 2.78 bits per heavy atom. The summed E-state index contributed by atoms with van der Waals surface area (Å²) in [5.74, 6) is 0.933. The Bertz CT molecular complexity index is 392. The molecule has 0 radical (unpaired) electrons. The topological polar surface area (TPSA) is 59.2 Å². The van der Waals surface area contributed by atoms with Crippen molar-refractivity contribution in [2.24, 2.45) is 5.73 Å². The lowest BCUT2D eigenvalue weighted by Crippen LogP contribution is -2.38. The molecule has 1 heterocycles. The summed E-state index contributed by atoms with van der Waals surface area (Å²) in [4.78, 5) is 18.4. The Labute approximate surface area is 117 Å². The van der Waals surface area contributed by atoms with E-state index < -0.39 is 0 Å². The van der Waals surface area contributed by atoms with E-state index in [2.05, 4.69) is 18.2 Å². The molecule has 4 nitrogen and oxygen atoms in total. The van der Waals surface area contributed by atoms with Crippen molar-refractivity contribution in [2.75, 3.05) is 19.1 Å². The standard InChI is InChI=1S/C12H21N3OS2/c1-5-9(6-17-4)15(3)12(16)10-7-18-11(14-10)8(2)13/h7-9H,5-6,13H2,1-4H3. The molecular formula is C12H21N3OS2. The Morgan fingerprint density at radius 1 is 1.67 bits per heavy atom. The van der Waals surface area contributed by atoms with Crippen molar-refractivity contribution >= 4 is 29.0 Å². The molecule has 1 aromatic heterocycles. The van der Waals surface area contributed by atoms with Gasteiger partial charge in [-0.3, -0.25) is 4.79 Å². The van der Waals surface area contributed by atoms with Gasteiger partial charge in [-0.05, 0) is 19.6 Å². The van der Waals surface area contributed by atoms with Crippen LogP contribution in [0.1, 0.15) is 41.8 Å². The van der Waals surface area contributed by atoms with E-state index in [1.165, 1.54) is 11.3 Å². The van der Waals surface area contributed by atoms with Crippen LogP contribution in [-0.4, -0.2) is 40.9 Å². The summed E-state index contributed by atoms with van der Waals surface area (Å²) in [6.45, 7) is 3.97. The highest BCUT2D eigenvalue weighted by Gasteiger charge is 2.21. The molecule has 102 valence electrons. The molecule has 0 fully saturated rings. The molecule has 2 N–H and O–H groups in total. The van der Waals surface area contributed by atoms with Crippen LogP contribution in [0.2, 0.25) is 0 Å². The number of carbonyl (C=O) groups is 1. The van der Waals surface area contributed by atoms with Crippen LogP contribution in [0.15, 0.2) is 5.38 Å². The van der Waals surface area contributed by atoms with Crippen molar-refractivity contribution in [3.8, 4) is 0 Å². The maximum atomic E-state index is 12.3. The van der Waals surface area contributed by atoms with Crippen LogP contribution in [0.4, 0.5) is 0 Å². The van der Waals surface area contributed by atoms with Gasteiger partial charge in [0.15, 0.2) is 0 Å². The van der Waals surface area contributed by atoms with Gasteiger partial charge in [0.25, 0.3) is 5.91 Å². The number of hydrogen-bond acceptors (Lipinski definition) is 5. The number of amides is 1. The number of rotatable bonds is 6. The molecule has 2 unspecified atom stereocenters. The molecule has 6 heteroatoms. The lowest BCUT2D eigenvalue weighted by atomic mass is 10.2. The number of hydrogen-bond donors (Lipinski definition) is 1. The fraction of sp³-hybridized carbons (Fsp3) is 0.667. The Balaban J connectivity index is 2.78. The van der Waals surface area contributed by atoms with E-state index in [4.69, 9.17) is 5.73 Å². The van der Waals surface area contributed by atoms with Crippen LogP contribution >= 0.6 is 23.1 Å². The third-order valence-corrected chi connectivity index (χ3v) is 4.59. The van der Waals surface area contributed by atoms with Gasteiger partial charge < -0.3 is 10.6 Å². The predicted octanol–water partition coefficient (Wildman–Crippen LogP) is 2.38. The zero-order chi connectivity index (χ0) is 13.7. The number of carbonyl (C=O) groups excluding carboxylic acids is 1. The monoisotopic (exact) mass is 287 g/mol. The molecule has 0 aliphatic rings. The molecule has 2 atom stereocenters. The lowest BCUT2D eigenvalue weighted by molar-refractivity contribution is 0.0738. The van der Waals surface area contributed by atoms with Gasteiger partial charge in [-0.15, -0.1) is 11.3 Å². The number of aromatic nitrogens is 1. The summed E-state index contributed by atoms with van der Waals surface area (Å²) in [6.07, 6.45) is 3.01. The first-order chi connectivity index (χ1) is 8.51. The summed E-state index contributed by atoms with van der Waals surface area (Å²) in [7, 11) is 1.84. The van der Waals surface area contributed by atoms with Crippen molar-refractivity contribution in [3.63, 3.8) is 0 Å². The lowest BCUT2D eigenvalue weighted by Gasteiger charge is -2.26. The van der Waals surface area contributed by atoms with Crippen LogP contribution in [0, 0.1) is 0 Å². The van der Waals surface area contributed by atoms with Crippen LogP contribution in [0.5, 0.6) is 0 Å². The second kappa shape index (κ2) is 7.11. The highest BCUT2D eigenvalue weighted by Crippen LogP contribution is 2.18. The molecule has 18 heavy (non-hydrogen) atoms. The van der Waals surface area contributed by atoms with Gasteiger partial charge in [-0.25, -0.2) is 4.98 Å². The fourth-order valence-corrected chi connectivity index (χ4v) is 3.23. The Morgan fingerprint density at radius 2 is 2.33 bits per heavy atom. The number of nitrogens with zero attached hydrogens (tertiary/aromatic N) is 2. The molecule has 0 spiro atoms. The highest BCUT2D eigenvalue weighted by molar-refractivity contribution is 7.98. The zero-order valence-corrected chi connectivity index (χ0v) is 13.0. The molecule has 1 amide bonds. The Hall–Kier alpha value is -0.590. The maximum Gasteiger partial charge on any atom is 0.273 e. The van der Waals surface area contributed by atoms with Crippen molar-refractivity contribution in [3.05, 3.63) is 16.1 Å². The second-order valence-electron chi connectivity index (χ2n) is 4.29. The van der Waals surface area contributed by atoms with Crippen molar-refractivity contribution < 1.29 is 4.79 Å². The summed E-state index contributed by atoms with van der Waals surface area (Å²) in [5.41, 5.74) is 6.27. The molecule has 0 saturated carbocycles. The Kier molecular flexibility index (Phi) is 6.11. The molecule has 1 rings (SSSR count). The van der Waals surface area contributed by atoms with Crippen LogP contribution < -0.4 is 5.73 Å². The summed E-state index contributed by atoms with van der Waals surface area (Å²) < 4.78 is 0. The number of thioether (sulfide) groups is 1. The smallest absolute Gasteiger partial charge is 0.273 e. The fourth-order valence-electron chi connectivity index (χ4n) is 1.64. The molecule has 0 bridgehead atoms. The van der Waals surface area contributed by atoms with E-state index in [-0.39, 0.29) is 18.0 Å². The first-order valence-corrected chi connectivity index (χ1v) is 8.25. The first-order valence-electron chi connectivity index (χ1n) is 5.98. The van der Waals surface area contributed by atoms with Crippen LogP contribution in [-0.2, 0) is 0 Å². The van der Waals surface area contributed by atoms with E-state index in [0.29, 0.717) is 5.69 Å². The predicted molar refractivity (Wildman–Crippen MR) is 79.3 cm³/mol. The minimum Gasteiger partial charge on any atom is -0.337 e. The third-order valence-electron chi connectivity index (χ3n) is 2.83. The molecule has 0 saturated heterocycles. The first kappa shape index (κ1) is 15.5. The van der Waals surface area contributed by atoms with E-state index in [1.54, 1.807) is 22.0 Å². The van der Waals surface area contributed by atoms with Crippen molar-refractivity contribution in [1.82, 2.24) is 9.88 Å². The molecule has 0 aliphatic carbocycles. The van der Waals surface area contributed by atoms with E-state index in [9.17, 15) is 4.79 Å². The average Bonchev–Trinajstić information content (AvgIpc) is 2.83. The van der Waals surface area contributed by atoms with Gasteiger partial charge in [0.1, 0.15) is 10.7 Å². The SMILES string of the molecule is CCC(CSC)N(C)C(=O)c1csc(C(C)N)n1.